The number of aromatic nitrogens is 6. The van der Waals surface area contributed by atoms with Crippen LogP contribution in [0, 0.1) is 6.92 Å². The minimum absolute atomic E-state index is 0.115. The van der Waals surface area contributed by atoms with Crippen molar-refractivity contribution in [3.8, 4) is 5.82 Å². The molecule has 26 heavy (non-hydrogen) atoms. The lowest BCUT2D eigenvalue weighted by Gasteiger charge is -2.09. The monoisotopic (exact) mass is 354 g/mol. The van der Waals surface area contributed by atoms with Crippen LogP contribution in [0.2, 0.25) is 0 Å². The smallest absolute Gasteiger partial charge is 0.267 e. The molecule has 0 bridgehead atoms. The average Bonchev–Trinajstić information content (AvgIpc) is 3.08. The van der Waals surface area contributed by atoms with Crippen LogP contribution in [0.15, 0.2) is 47.8 Å². The van der Waals surface area contributed by atoms with E-state index in [2.05, 4.69) is 30.8 Å². The van der Waals surface area contributed by atoms with Crippen molar-refractivity contribution in [2.75, 3.05) is 18.4 Å². The predicted octanol–water partition coefficient (Wildman–Crippen LogP) is -0.244. The minimum Gasteiger partial charge on any atom is -0.368 e. The lowest BCUT2D eigenvalue weighted by molar-refractivity contribution is -0.121. The van der Waals surface area contributed by atoms with E-state index >= 15 is 0 Å². The molecule has 0 radical (unpaired) electrons. The van der Waals surface area contributed by atoms with Gasteiger partial charge in [0.15, 0.2) is 5.82 Å². The zero-order valence-electron chi connectivity index (χ0n) is 14.2. The second-order valence-electron chi connectivity index (χ2n) is 5.46. The maximum Gasteiger partial charge on any atom is 0.267 e. The van der Waals surface area contributed by atoms with E-state index in [1.165, 1.54) is 24.7 Å². The number of amides is 1. The second-order valence-corrected chi connectivity index (χ2v) is 5.46. The van der Waals surface area contributed by atoms with E-state index in [1.54, 1.807) is 10.7 Å². The first kappa shape index (κ1) is 17.3. The van der Waals surface area contributed by atoms with Crippen molar-refractivity contribution in [1.29, 1.82) is 0 Å². The highest BCUT2D eigenvalue weighted by Crippen LogP contribution is 2.08. The highest BCUT2D eigenvalue weighted by Gasteiger charge is 2.05. The molecule has 3 heterocycles. The third kappa shape index (κ3) is 4.50. The van der Waals surface area contributed by atoms with Crippen LogP contribution < -0.4 is 16.2 Å². The number of hydrogen-bond donors (Lipinski definition) is 2. The van der Waals surface area contributed by atoms with Crippen molar-refractivity contribution >= 4 is 11.7 Å². The molecule has 134 valence electrons. The van der Waals surface area contributed by atoms with Crippen molar-refractivity contribution in [2.24, 2.45) is 0 Å². The van der Waals surface area contributed by atoms with E-state index in [9.17, 15) is 9.59 Å². The van der Waals surface area contributed by atoms with Gasteiger partial charge in [0.25, 0.3) is 5.56 Å². The second kappa shape index (κ2) is 8.01. The fourth-order valence-electron chi connectivity index (χ4n) is 2.20. The van der Waals surface area contributed by atoms with Gasteiger partial charge in [0.05, 0.1) is 5.69 Å². The molecule has 2 N–H and O–H groups in total. The Labute approximate surface area is 148 Å². The average molecular weight is 354 g/mol. The molecule has 0 fully saturated rings. The molecule has 0 unspecified atom stereocenters. The fraction of sp³-hybridized carbons (Fsp3) is 0.250. The van der Waals surface area contributed by atoms with E-state index < -0.39 is 0 Å². The third-order valence-corrected chi connectivity index (χ3v) is 3.44. The molecule has 10 nitrogen and oxygen atoms in total. The van der Waals surface area contributed by atoms with Gasteiger partial charge in [0.2, 0.25) is 5.91 Å². The molecule has 0 aliphatic heterocycles. The topological polar surface area (TPSA) is 120 Å². The van der Waals surface area contributed by atoms with Gasteiger partial charge in [0.1, 0.15) is 18.7 Å². The SMILES string of the molecule is Cc1ccn(-c2cc(NCCNC(=O)Cn3ncccc3=O)ncn2)n1. The number of nitrogens with one attached hydrogen (secondary N) is 2. The zero-order valence-corrected chi connectivity index (χ0v) is 14.2. The first-order valence-electron chi connectivity index (χ1n) is 7.99. The summed E-state index contributed by atoms with van der Waals surface area (Å²) in [4.78, 5) is 31.7. The van der Waals surface area contributed by atoms with E-state index in [1.807, 2.05) is 19.2 Å². The molecule has 0 saturated heterocycles. The molecule has 0 aliphatic carbocycles. The molecule has 10 heteroatoms. The first-order valence-corrected chi connectivity index (χ1v) is 7.99. The van der Waals surface area contributed by atoms with E-state index in [4.69, 9.17) is 0 Å². The summed E-state index contributed by atoms with van der Waals surface area (Å²) in [5, 5.41) is 14.0. The van der Waals surface area contributed by atoms with Crippen molar-refractivity contribution in [2.45, 2.75) is 13.5 Å². The van der Waals surface area contributed by atoms with Crippen LogP contribution in [-0.2, 0) is 11.3 Å². The third-order valence-electron chi connectivity index (χ3n) is 3.44. The lowest BCUT2D eigenvalue weighted by atomic mass is 10.4. The van der Waals surface area contributed by atoms with Gasteiger partial charge in [-0.2, -0.15) is 10.2 Å². The van der Waals surface area contributed by atoms with Crippen molar-refractivity contribution in [3.63, 3.8) is 0 Å². The number of aryl methyl sites for hydroxylation is 1. The van der Waals surface area contributed by atoms with Crippen LogP contribution in [0.1, 0.15) is 5.69 Å². The zero-order chi connectivity index (χ0) is 18.4. The summed E-state index contributed by atoms with van der Waals surface area (Å²) in [5.41, 5.74) is 0.580. The molecule has 0 atom stereocenters. The van der Waals surface area contributed by atoms with Crippen molar-refractivity contribution in [1.82, 2.24) is 34.8 Å². The Morgan fingerprint density at radius 1 is 1.23 bits per heavy atom. The first-order chi connectivity index (χ1) is 12.6. The fourth-order valence-corrected chi connectivity index (χ4v) is 2.20. The molecule has 0 spiro atoms. The molecule has 1 amide bonds. The number of nitrogens with zero attached hydrogens (tertiary/aromatic N) is 6. The summed E-state index contributed by atoms with van der Waals surface area (Å²) in [6, 6.07) is 6.54. The Bertz CT molecular complexity index is 949. The van der Waals surface area contributed by atoms with E-state index in [-0.39, 0.29) is 18.0 Å². The number of carbonyl (C=O) groups excluding carboxylic acids is 1. The Morgan fingerprint density at radius 3 is 2.88 bits per heavy atom. The molecule has 3 rings (SSSR count). The molecule has 0 saturated carbocycles. The normalized spacial score (nSPS) is 10.5. The standard InChI is InChI=1S/C16H18N8O2/c1-12-4-8-23(22-12)14-9-13(19-11-20-14)17-6-7-18-15(25)10-24-16(26)3-2-5-21-24/h2-5,8-9,11H,6-7,10H2,1H3,(H,18,25)(H,17,19,20). The molecular formula is C16H18N8O2. The number of carbonyl (C=O) groups is 1. The van der Waals surface area contributed by atoms with Gasteiger partial charge in [-0.15, -0.1) is 0 Å². The van der Waals surface area contributed by atoms with Crippen molar-refractivity contribution < 1.29 is 4.79 Å². The molecular weight excluding hydrogens is 336 g/mol. The highest BCUT2D eigenvalue weighted by molar-refractivity contribution is 5.75. The van der Waals surface area contributed by atoms with Crippen molar-refractivity contribution in [3.05, 3.63) is 59.0 Å². The van der Waals surface area contributed by atoms with Gasteiger partial charge >= 0.3 is 0 Å². The highest BCUT2D eigenvalue weighted by atomic mass is 16.2. The largest absolute Gasteiger partial charge is 0.368 e. The van der Waals surface area contributed by atoms with Gasteiger partial charge in [-0.1, -0.05) is 0 Å². The maximum absolute atomic E-state index is 11.8. The van der Waals surface area contributed by atoms with Crippen LogP contribution in [0.3, 0.4) is 0 Å². The van der Waals surface area contributed by atoms with Gasteiger partial charge < -0.3 is 10.6 Å². The summed E-state index contributed by atoms with van der Waals surface area (Å²) in [7, 11) is 0. The van der Waals surface area contributed by atoms with Gasteiger partial charge in [-0.05, 0) is 19.1 Å². The molecule has 3 aromatic rings. The Morgan fingerprint density at radius 2 is 2.12 bits per heavy atom. The number of rotatable bonds is 7. The summed E-state index contributed by atoms with van der Waals surface area (Å²) in [5.74, 6) is 0.982. The van der Waals surface area contributed by atoms with Crippen LogP contribution in [0.5, 0.6) is 0 Å². The summed E-state index contributed by atoms with van der Waals surface area (Å²) < 4.78 is 2.76. The quantitative estimate of drug-likeness (QED) is 0.562. The van der Waals surface area contributed by atoms with Crippen LogP contribution in [-0.4, -0.2) is 48.5 Å². The van der Waals surface area contributed by atoms with E-state index in [0.29, 0.717) is 24.7 Å². The van der Waals surface area contributed by atoms with E-state index in [0.717, 1.165) is 10.4 Å². The summed E-state index contributed by atoms with van der Waals surface area (Å²) in [6.45, 7) is 2.63. The maximum atomic E-state index is 11.8. The Hall–Kier alpha value is -3.56. The summed E-state index contributed by atoms with van der Waals surface area (Å²) >= 11 is 0. The number of anilines is 1. The minimum atomic E-state index is -0.317. The Balaban J connectivity index is 1.47. The summed E-state index contributed by atoms with van der Waals surface area (Å²) in [6.07, 6.45) is 4.73. The lowest BCUT2D eigenvalue weighted by Crippen LogP contribution is -2.35. The molecule has 3 aromatic heterocycles. The molecule has 0 aliphatic rings. The van der Waals surface area contributed by atoms with Crippen LogP contribution in [0.4, 0.5) is 5.82 Å². The van der Waals surface area contributed by atoms with Gasteiger partial charge in [-0.25, -0.2) is 19.3 Å². The van der Waals surface area contributed by atoms with Crippen LogP contribution >= 0.6 is 0 Å². The molecule has 0 aromatic carbocycles. The van der Waals surface area contributed by atoms with Gasteiger partial charge in [-0.3, -0.25) is 9.59 Å². The Kier molecular flexibility index (Phi) is 5.32. The van der Waals surface area contributed by atoms with Gasteiger partial charge in [0, 0.05) is 37.6 Å². The predicted molar refractivity (Wildman–Crippen MR) is 93.9 cm³/mol. The number of hydrogen-bond acceptors (Lipinski definition) is 7. The van der Waals surface area contributed by atoms with Crippen LogP contribution in [0.25, 0.3) is 5.82 Å².